The second-order valence-corrected chi connectivity index (χ2v) is 14.2. The maximum Gasteiger partial charge on any atom is 0.333 e. The molecule has 0 aliphatic carbocycles. The lowest BCUT2D eigenvalue weighted by atomic mass is 9.96. The number of allylic oxidation sites excluding steroid dienone is 1. The van der Waals surface area contributed by atoms with Crippen LogP contribution in [0.1, 0.15) is 33.6 Å². The summed E-state index contributed by atoms with van der Waals surface area (Å²) in [5.41, 5.74) is -1.19. The van der Waals surface area contributed by atoms with Crippen molar-refractivity contribution in [1.82, 2.24) is 0 Å². The Balaban J connectivity index is 1.51. The van der Waals surface area contributed by atoms with Crippen molar-refractivity contribution < 1.29 is 108 Å². The minimum absolute atomic E-state index is 0.0303. The number of carbonyl (C=O) groups excluding carboxylic acids is 2. The first-order valence-corrected chi connectivity index (χ1v) is 17.9. The van der Waals surface area contributed by atoms with E-state index in [4.69, 9.17) is 42.6 Å². The van der Waals surface area contributed by atoms with Crippen LogP contribution in [0.4, 0.5) is 0 Å². The third-order valence-electron chi connectivity index (χ3n) is 9.76. The molecular weight excluding hydrogens is 760 g/mol. The molecule has 19 atom stereocenters. The minimum Gasteiger partial charge on any atom is -0.453 e. The molecule has 0 amide bonds. The van der Waals surface area contributed by atoms with Crippen LogP contribution in [-0.4, -0.2) is 211 Å². The van der Waals surface area contributed by atoms with Gasteiger partial charge in [0.1, 0.15) is 73.2 Å². The third kappa shape index (κ3) is 11.0. The molecule has 0 radical (unpaired) electrons. The van der Waals surface area contributed by atoms with Crippen molar-refractivity contribution >= 4 is 11.9 Å². The van der Waals surface area contributed by atoms with E-state index >= 15 is 0 Å². The van der Waals surface area contributed by atoms with Crippen LogP contribution in [-0.2, 0) is 52.2 Å². The topological polar surface area (TPSA) is 340 Å². The Morgan fingerprint density at radius 3 is 1.84 bits per heavy atom. The van der Waals surface area contributed by atoms with Gasteiger partial charge in [-0.1, -0.05) is 12.2 Å². The number of hydrogen-bond acceptors (Lipinski definition) is 22. The quantitative estimate of drug-likeness (QED) is 0.0417. The second-order valence-electron chi connectivity index (χ2n) is 14.2. The van der Waals surface area contributed by atoms with Crippen LogP contribution in [0, 0.1) is 0 Å². The number of rotatable bonds is 15. The molecule has 322 valence electrons. The van der Waals surface area contributed by atoms with E-state index in [-0.39, 0.29) is 18.4 Å². The van der Waals surface area contributed by atoms with Crippen LogP contribution in [0.15, 0.2) is 24.3 Å². The maximum absolute atomic E-state index is 13.2. The smallest absolute Gasteiger partial charge is 0.333 e. The molecule has 56 heavy (non-hydrogen) atoms. The van der Waals surface area contributed by atoms with Gasteiger partial charge in [-0.05, 0) is 26.7 Å². The Bertz CT molecular complexity index is 1330. The summed E-state index contributed by atoms with van der Waals surface area (Å²) in [5, 5.41) is 115. The molecule has 4 aliphatic rings. The van der Waals surface area contributed by atoms with E-state index in [0.717, 1.165) is 6.92 Å². The average Bonchev–Trinajstić information content (AvgIpc) is 3.15. The Hall–Kier alpha value is -2.30. The lowest BCUT2D eigenvalue weighted by molar-refractivity contribution is -0.382. The van der Waals surface area contributed by atoms with Crippen molar-refractivity contribution in [2.75, 3.05) is 26.4 Å². The molecule has 0 aromatic heterocycles. The van der Waals surface area contributed by atoms with Gasteiger partial charge in [-0.25, -0.2) is 4.79 Å². The highest BCUT2D eigenvalue weighted by Crippen LogP contribution is 2.34. The summed E-state index contributed by atoms with van der Waals surface area (Å²) in [6, 6.07) is 0. The fourth-order valence-electron chi connectivity index (χ4n) is 6.32. The zero-order chi connectivity index (χ0) is 41.6. The Labute approximate surface area is 320 Å². The first-order valence-electron chi connectivity index (χ1n) is 17.9. The molecule has 0 aromatic carbocycles. The van der Waals surface area contributed by atoms with Crippen molar-refractivity contribution in [1.29, 1.82) is 0 Å². The van der Waals surface area contributed by atoms with Crippen molar-refractivity contribution in [3.05, 3.63) is 24.3 Å². The van der Waals surface area contributed by atoms with Crippen LogP contribution in [0.2, 0.25) is 0 Å². The summed E-state index contributed by atoms with van der Waals surface area (Å²) in [5.74, 6) is -1.93. The van der Waals surface area contributed by atoms with Crippen LogP contribution in [0.5, 0.6) is 0 Å². The number of esters is 2. The first-order chi connectivity index (χ1) is 26.3. The fourth-order valence-corrected chi connectivity index (χ4v) is 6.32. The normalized spacial score (nSPS) is 43.4. The Kier molecular flexibility index (Phi) is 16.7. The maximum atomic E-state index is 13.2. The largest absolute Gasteiger partial charge is 0.453 e. The predicted molar refractivity (Wildman–Crippen MR) is 179 cm³/mol. The predicted octanol–water partition coefficient (Wildman–Crippen LogP) is -5.69. The summed E-state index contributed by atoms with van der Waals surface area (Å²) in [6.07, 6.45) is -28.1. The molecule has 4 fully saturated rings. The zero-order valence-corrected chi connectivity index (χ0v) is 30.9. The molecule has 0 bridgehead atoms. The number of ether oxygens (including phenoxy) is 9. The van der Waals surface area contributed by atoms with Crippen molar-refractivity contribution in [3.63, 3.8) is 0 Å². The summed E-state index contributed by atoms with van der Waals surface area (Å²) >= 11 is 0. The van der Waals surface area contributed by atoms with Gasteiger partial charge in [0.05, 0.1) is 32.0 Å². The molecule has 0 saturated carbocycles. The van der Waals surface area contributed by atoms with Crippen molar-refractivity contribution in [3.8, 4) is 0 Å². The second kappa shape index (κ2) is 20.1. The van der Waals surface area contributed by atoms with E-state index in [0.29, 0.717) is 0 Å². The highest BCUT2D eigenvalue weighted by Gasteiger charge is 2.55. The number of aliphatic hydroxyl groups excluding tert-OH is 10. The van der Waals surface area contributed by atoms with E-state index in [1.165, 1.54) is 26.0 Å². The van der Waals surface area contributed by atoms with Crippen LogP contribution < -0.4 is 0 Å². The molecule has 11 N–H and O–H groups in total. The molecule has 22 heteroatoms. The molecule has 0 spiro atoms. The van der Waals surface area contributed by atoms with Gasteiger partial charge in [0.2, 0.25) is 6.29 Å². The van der Waals surface area contributed by atoms with Gasteiger partial charge in [-0.15, -0.1) is 6.58 Å². The monoisotopic (exact) mass is 814 g/mol. The molecule has 19 unspecified atom stereocenters. The van der Waals surface area contributed by atoms with Gasteiger partial charge < -0.3 is 98.8 Å². The van der Waals surface area contributed by atoms with Gasteiger partial charge in [0.15, 0.2) is 31.1 Å². The number of carbonyl (C=O) groups is 2. The van der Waals surface area contributed by atoms with Gasteiger partial charge in [-0.2, -0.15) is 0 Å². The van der Waals surface area contributed by atoms with Gasteiger partial charge >= 0.3 is 11.9 Å². The van der Waals surface area contributed by atoms with Gasteiger partial charge in [-0.3, -0.25) is 4.79 Å². The molecule has 4 rings (SSSR count). The average molecular weight is 815 g/mol. The van der Waals surface area contributed by atoms with Gasteiger partial charge in [0, 0.05) is 12.5 Å². The summed E-state index contributed by atoms with van der Waals surface area (Å²) < 4.78 is 49.7. The Morgan fingerprint density at radius 2 is 1.23 bits per heavy atom. The van der Waals surface area contributed by atoms with Gasteiger partial charge in [0.25, 0.3) is 0 Å². The van der Waals surface area contributed by atoms with Crippen LogP contribution >= 0.6 is 0 Å². The first kappa shape index (κ1) is 46.4. The number of hydrogen-bond donors (Lipinski definition) is 11. The fraction of sp³-hybridized carbons (Fsp3) is 0.824. The molecule has 4 saturated heterocycles. The van der Waals surface area contributed by atoms with E-state index in [1.54, 1.807) is 0 Å². The van der Waals surface area contributed by atoms with Crippen molar-refractivity contribution in [2.24, 2.45) is 0 Å². The highest BCUT2D eigenvalue weighted by atomic mass is 16.8. The molecule has 0 aromatic rings. The van der Waals surface area contributed by atoms with E-state index in [1.807, 2.05) is 0 Å². The third-order valence-corrected chi connectivity index (χ3v) is 9.76. The summed E-state index contributed by atoms with van der Waals surface area (Å²) in [6.45, 7) is 4.71. The summed E-state index contributed by atoms with van der Waals surface area (Å²) in [7, 11) is 0. The van der Waals surface area contributed by atoms with E-state index in [9.17, 15) is 65.8 Å². The molecule has 4 aliphatic heterocycles. The van der Waals surface area contributed by atoms with Crippen LogP contribution in [0.3, 0.4) is 0 Å². The zero-order valence-electron chi connectivity index (χ0n) is 30.9. The highest BCUT2D eigenvalue weighted by molar-refractivity contribution is 5.87. The molecule has 22 nitrogen and oxygen atoms in total. The molecular formula is C34H54O22. The summed E-state index contributed by atoms with van der Waals surface area (Å²) in [4.78, 5) is 25.3. The van der Waals surface area contributed by atoms with E-state index < -0.39 is 155 Å². The van der Waals surface area contributed by atoms with E-state index in [2.05, 4.69) is 6.58 Å². The minimum atomic E-state index is -2.08. The standard InChI is InChI=1S/C34H54O22/c1-5-34(4,47)8-6-7-13(2)29(46)53-27-20(41)17(9-35)51-33(50-14(3)37)28(27)56-32-23(44)21(42)26(18(10-36)52-32)55-31-24(45)25(16(39)12-49-31)54-30-22(43)19(40)15(38)11-48-30/h5,7,15-28,30-33,35-36,38-45,47H,1,6,8-12H2,2-4H3. The Morgan fingerprint density at radius 1 is 0.679 bits per heavy atom. The SMILES string of the molecule is C=CC(C)(O)CCC=C(C)C(=O)OC1C(O)C(CO)OC(OC(C)=O)C1OC1OC(CO)C(OC2OCC(O)C(OC3OCC(O)C(O)C3O)C2O)C(O)C1O. The van der Waals surface area contributed by atoms with Crippen LogP contribution in [0.25, 0.3) is 0 Å². The lowest BCUT2D eigenvalue weighted by Gasteiger charge is -2.48. The number of aliphatic hydroxyl groups is 11. The van der Waals surface area contributed by atoms with Crippen molar-refractivity contribution in [2.45, 2.75) is 150 Å². The molecule has 4 heterocycles. The lowest BCUT2D eigenvalue weighted by Crippen LogP contribution is -2.66.